The fourth-order valence-corrected chi connectivity index (χ4v) is 2.17. The zero-order valence-corrected chi connectivity index (χ0v) is 12.0. The lowest BCUT2D eigenvalue weighted by Gasteiger charge is -2.15. The summed E-state index contributed by atoms with van der Waals surface area (Å²) in [6.07, 6.45) is 2.84. The number of anilines is 1. The van der Waals surface area contributed by atoms with Crippen LogP contribution >= 0.6 is 23.2 Å². The van der Waals surface area contributed by atoms with Crippen molar-refractivity contribution >= 4 is 46.8 Å². The molecule has 1 aliphatic heterocycles. The molecule has 0 saturated carbocycles. The first-order valence-corrected chi connectivity index (χ1v) is 6.67. The van der Waals surface area contributed by atoms with Crippen LogP contribution < -0.4 is 10.4 Å². The average molecular weight is 323 g/mol. The van der Waals surface area contributed by atoms with Crippen LogP contribution in [0.15, 0.2) is 46.6 Å². The van der Waals surface area contributed by atoms with Crippen LogP contribution in [-0.2, 0) is 9.59 Å². The number of nitrogens with one attached hydrogen (secondary N) is 1. The molecule has 1 saturated heterocycles. The van der Waals surface area contributed by atoms with E-state index in [9.17, 15) is 9.59 Å². The Labute approximate surface area is 129 Å². The van der Waals surface area contributed by atoms with E-state index in [-0.39, 0.29) is 5.57 Å². The van der Waals surface area contributed by atoms with E-state index < -0.39 is 11.8 Å². The molecule has 5 nitrogen and oxygen atoms in total. The molecule has 7 heteroatoms. The predicted molar refractivity (Wildman–Crippen MR) is 78.8 cm³/mol. The molecule has 0 spiro atoms. The van der Waals surface area contributed by atoms with Gasteiger partial charge in [0.05, 0.1) is 22.0 Å². The SMILES string of the molecule is O=C1NN(c2ccc(Cl)c(Cl)c2)C(=O)/C1=C/c1ccco1. The molecule has 1 aliphatic rings. The third-order valence-electron chi connectivity index (χ3n) is 2.88. The van der Waals surface area contributed by atoms with E-state index in [1.165, 1.54) is 18.4 Å². The second-order valence-corrected chi connectivity index (χ2v) is 5.07. The van der Waals surface area contributed by atoms with Gasteiger partial charge in [0.1, 0.15) is 11.3 Å². The van der Waals surface area contributed by atoms with E-state index >= 15 is 0 Å². The van der Waals surface area contributed by atoms with Gasteiger partial charge in [-0.2, -0.15) is 0 Å². The maximum Gasteiger partial charge on any atom is 0.282 e. The molecule has 0 radical (unpaired) electrons. The van der Waals surface area contributed by atoms with E-state index in [0.29, 0.717) is 21.5 Å². The van der Waals surface area contributed by atoms with Gasteiger partial charge in [-0.25, -0.2) is 5.01 Å². The van der Waals surface area contributed by atoms with E-state index in [1.54, 1.807) is 24.3 Å². The molecule has 0 aliphatic carbocycles. The molecule has 1 fully saturated rings. The predicted octanol–water partition coefficient (Wildman–Crippen LogP) is 3.05. The highest BCUT2D eigenvalue weighted by Crippen LogP contribution is 2.29. The van der Waals surface area contributed by atoms with Crippen LogP contribution in [0.5, 0.6) is 0 Å². The Morgan fingerprint density at radius 2 is 1.95 bits per heavy atom. The topological polar surface area (TPSA) is 62.6 Å². The normalized spacial score (nSPS) is 16.7. The zero-order chi connectivity index (χ0) is 15.0. The van der Waals surface area contributed by atoms with E-state index in [0.717, 1.165) is 5.01 Å². The molecular formula is C14H8Cl2N2O3. The highest BCUT2D eigenvalue weighted by molar-refractivity contribution is 6.42. The van der Waals surface area contributed by atoms with Crippen LogP contribution in [-0.4, -0.2) is 11.8 Å². The molecule has 0 atom stereocenters. The Bertz CT molecular complexity index is 754. The Kier molecular flexibility index (Phi) is 3.45. The van der Waals surface area contributed by atoms with Crippen molar-refractivity contribution in [2.24, 2.45) is 0 Å². The van der Waals surface area contributed by atoms with Gasteiger partial charge in [-0.1, -0.05) is 23.2 Å². The van der Waals surface area contributed by atoms with E-state index in [2.05, 4.69) is 5.43 Å². The Hall–Kier alpha value is -2.24. The number of amides is 2. The average Bonchev–Trinajstić information content (AvgIpc) is 3.06. The number of hydrogen-bond donors (Lipinski definition) is 1. The van der Waals surface area contributed by atoms with Crippen molar-refractivity contribution in [3.8, 4) is 0 Å². The van der Waals surface area contributed by atoms with Crippen molar-refractivity contribution in [3.63, 3.8) is 0 Å². The fourth-order valence-electron chi connectivity index (χ4n) is 1.88. The summed E-state index contributed by atoms with van der Waals surface area (Å²) in [6.45, 7) is 0. The molecular weight excluding hydrogens is 315 g/mol. The summed E-state index contributed by atoms with van der Waals surface area (Å²) < 4.78 is 5.10. The molecule has 3 rings (SSSR count). The quantitative estimate of drug-likeness (QED) is 0.682. The molecule has 106 valence electrons. The first kappa shape index (κ1) is 13.7. The molecule has 0 unspecified atom stereocenters. The minimum atomic E-state index is -0.512. The first-order chi connectivity index (χ1) is 10.1. The zero-order valence-electron chi connectivity index (χ0n) is 10.5. The summed E-state index contributed by atoms with van der Waals surface area (Å²) in [5.74, 6) is -0.582. The van der Waals surface area contributed by atoms with Gasteiger partial charge in [-0.05, 0) is 36.4 Å². The number of nitrogens with zero attached hydrogens (tertiary/aromatic N) is 1. The van der Waals surface area contributed by atoms with Gasteiger partial charge in [-0.3, -0.25) is 15.0 Å². The standard InChI is InChI=1S/C14H8Cl2N2O3/c15-11-4-3-8(6-12(11)16)18-14(20)10(13(19)17-18)7-9-2-1-5-21-9/h1-7H,(H,17,19)/b10-7+. The summed E-state index contributed by atoms with van der Waals surface area (Å²) in [4.78, 5) is 24.2. The van der Waals surface area contributed by atoms with Gasteiger partial charge in [0.2, 0.25) is 0 Å². The van der Waals surface area contributed by atoms with Crippen molar-refractivity contribution in [2.45, 2.75) is 0 Å². The Morgan fingerprint density at radius 3 is 2.62 bits per heavy atom. The van der Waals surface area contributed by atoms with Crippen molar-refractivity contribution < 1.29 is 14.0 Å². The third kappa shape index (κ3) is 2.53. The van der Waals surface area contributed by atoms with Crippen LogP contribution in [0.2, 0.25) is 10.0 Å². The number of carbonyl (C=O) groups is 2. The van der Waals surface area contributed by atoms with Gasteiger partial charge in [-0.15, -0.1) is 0 Å². The summed E-state index contributed by atoms with van der Waals surface area (Å²) in [5, 5.41) is 1.77. The highest BCUT2D eigenvalue weighted by Gasteiger charge is 2.34. The van der Waals surface area contributed by atoms with Gasteiger partial charge < -0.3 is 4.42 Å². The van der Waals surface area contributed by atoms with Crippen molar-refractivity contribution in [1.29, 1.82) is 0 Å². The lowest BCUT2D eigenvalue weighted by molar-refractivity contribution is -0.117. The maximum absolute atomic E-state index is 12.3. The van der Waals surface area contributed by atoms with Crippen LogP contribution in [0.25, 0.3) is 6.08 Å². The van der Waals surface area contributed by atoms with Gasteiger partial charge in [0, 0.05) is 0 Å². The lowest BCUT2D eigenvalue weighted by Crippen LogP contribution is -2.35. The minimum Gasteiger partial charge on any atom is -0.465 e. The number of benzene rings is 1. The first-order valence-electron chi connectivity index (χ1n) is 5.92. The summed E-state index contributed by atoms with van der Waals surface area (Å²) in [5.41, 5.74) is 2.87. The van der Waals surface area contributed by atoms with Crippen LogP contribution in [0.3, 0.4) is 0 Å². The van der Waals surface area contributed by atoms with Crippen LogP contribution in [0, 0.1) is 0 Å². The van der Waals surface area contributed by atoms with Gasteiger partial charge >= 0.3 is 0 Å². The van der Waals surface area contributed by atoms with E-state index in [4.69, 9.17) is 27.6 Å². The molecule has 1 aromatic heterocycles. The number of halogens is 2. The number of rotatable bonds is 2. The molecule has 0 bridgehead atoms. The number of furan rings is 1. The number of hydrogen-bond acceptors (Lipinski definition) is 3. The monoisotopic (exact) mass is 322 g/mol. The summed E-state index contributed by atoms with van der Waals surface area (Å²) in [7, 11) is 0. The molecule has 2 heterocycles. The molecule has 1 N–H and O–H groups in total. The van der Waals surface area contributed by atoms with Crippen LogP contribution in [0.1, 0.15) is 5.76 Å². The third-order valence-corrected chi connectivity index (χ3v) is 3.62. The summed E-state index contributed by atoms with van der Waals surface area (Å²) in [6, 6.07) is 7.95. The van der Waals surface area contributed by atoms with Crippen molar-refractivity contribution in [3.05, 3.63) is 58.0 Å². The number of hydrazine groups is 1. The lowest BCUT2D eigenvalue weighted by atomic mass is 10.2. The van der Waals surface area contributed by atoms with Gasteiger partial charge in [0.25, 0.3) is 11.8 Å². The van der Waals surface area contributed by atoms with Crippen molar-refractivity contribution in [1.82, 2.24) is 5.43 Å². The fraction of sp³-hybridized carbons (Fsp3) is 0. The van der Waals surface area contributed by atoms with Crippen molar-refractivity contribution in [2.75, 3.05) is 5.01 Å². The molecule has 2 aromatic rings. The maximum atomic E-state index is 12.3. The Balaban J connectivity index is 1.95. The van der Waals surface area contributed by atoms with E-state index in [1.807, 2.05) is 0 Å². The molecule has 2 amide bonds. The minimum absolute atomic E-state index is 0.0176. The van der Waals surface area contributed by atoms with Crippen LogP contribution in [0.4, 0.5) is 5.69 Å². The van der Waals surface area contributed by atoms with Gasteiger partial charge in [0.15, 0.2) is 0 Å². The second kappa shape index (κ2) is 5.27. The molecule has 21 heavy (non-hydrogen) atoms. The largest absolute Gasteiger partial charge is 0.465 e. The number of carbonyl (C=O) groups excluding carboxylic acids is 2. The molecule has 1 aromatic carbocycles. The smallest absolute Gasteiger partial charge is 0.282 e. The second-order valence-electron chi connectivity index (χ2n) is 4.25. The highest BCUT2D eigenvalue weighted by atomic mass is 35.5. The Morgan fingerprint density at radius 1 is 1.14 bits per heavy atom. The summed E-state index contributed by atoms with van der Waals surface area (Å²) >= 11 is 11.7.